The van der Waals surface area contributed by atoms with Crippen molar-refractivity contribution in [3.05, 3.63) is 35.0 Å². The Morgan fingerprint density at radius 2 is 2.05 bits per heavy atom. The molecule has 0 spiro atoms. The van der Waals surface area contributed by atoms with Crippen LogP contribution in [0.4, 0.5) is 0 Å². The minimum absolute atomic E-state index is 0.0542. The zero-order valence-electron chi connectivity index (χ0n) is 11.1. The molecule has 1 aromatic heterocycles. The van der Waals surface area contributed by atoms with Crippen LogP contribution in [0.2, 0.25) is 0 Å². The van der Waals surface area contributed by atoms with E-state index in [0.717, 1.165) is 17.7 Å². The summed E-state index contributed by atoms with van der Waals surface area (Å²) in [4.78, 5) is 12.1. The van der Waals surface area contributed by atoms with Gasteiger partial charge in [0, 0.05) is 29.3 Å². The van der Waals surface area contributed by atoms with Crippen LogP contribution < -0.4 is 0 Å². The highest BCUT2D eigenvalue weighted by molar-refractivity contribution is 7.94. The first-order valence-electron chi connectivity index (χ1n) is 6.41. The molecule has 0 fully saturated rings. The van der Waals surface area contributed by atoms with Gasteiger partial charge in [0.05, 0.1) is 11.8 Å². The second-order valence-corrected chi connectivity index (χ2v) is 8.18. The van der Waals surface area contributed by atoms with E-state index < -0.39 is 9.84 Å². The monoisotopic (exact) mass is 279 g/mol. The number of nitrogens with zero attached hydrogens (tertiary/aromatic N) is 1. The fraction of sp³-hybridized carbons (Fsp3) is 0.500. The Morgan fingerprint density at radius 3 is 2.68 bits per heavy atom. The Balaban J connectivity index is 2.03. The summed E-state index contributed by atoms with van der Waals surface area (Å²) in [6.07, 6.45) is 4.93. The Labute approximate surface area is 113 Å². The van der Waals surface area contributed by atoms with Crippen molar-refractivity contribution in [2.75, 3.05) is 5.75 Å². The fourth-order valence-corrected chi connectivity index (χ4v) is 4.29. The van der Waals surface area contributed by atoms with E-state index >= 15 is 0 Å². The predicted octanol–water partition coefficient (Wildman–Crippen LogP) is 2.13. The van der Waals surface area contributed by atoms with E-state index in [1.807, 2.05) is 16.8 Å². The highest BCUT2D eigenvalue weighted by Gasteiger charge is 2.35. The Bertz CT molecular complexity index is 680. The lowest BCUT2D eigenvalue weighted by Crippen LogP contribution is -2.29. The first kappa shape index (κ1) is 12.7. The molecule has 0 amide bonds. The molecule has 1 aromatic rings. The predicted molar refractivity (Wildman–Crippen MR) is 72.8 cm³/mol. The summed E-state index contributed by atoms with van der Waals surface area (Å²) in [6, 6.07) is 1.65. The molecule has 2 heterocycles. The summed E-state index contributed by atoms with van der Waals surface area (Å²) in [6.45, 7) is 4.15. The molecule has 0 bridgehead atoms. The number of fused-ring (bicyclic) bond motifs is 1. The molecule has 0 saturated heterocycles. The summed E-state index contributed by atoms with van der Waals surface area (Å²) in [5.74, 6) is 0.262. The number of Topliss-reactive ketones (excluding diaryl/α,β-unsaturated/α-hetero) is 1. The van der Waals surface area contributed by atoms with Crippen molar-refractivity contribution in [2.24, 2.45) is 5.41 Å². The van der Waals surface area contributed by atoms with Crippen LogP contribution in [0, 0.1) is 5.41 Å². The van der Waals surface area contributed by atoms with E-state index in [-0.39, 0.29) is 23.0 Å². The maximum absolute atomic E-state index is 12.1. The van der Waals surface area contributed by atoms with Gasteiger partial charge in [-0.05, 0) is 24.0 Å². The van der Waals surface area contributed by atoms with Crippen molar-refractivity contribution >= 4 is 15.6 Å². The van der Waals surface area contributed by atoms with Gasteiger partial charge in [-0.3, -0.25) is 4.79 Å². The van der Waals surface area contributed by atoms with Crippen LogP contribution in [0.25, 0.3) is 0 Å². The van der Waals surface area contributed by atoms with Gasteiger partial charge in [0.15, 0.2) is 15.6 Å². The topological polar surface area (TPSA) is 56.1 Å². The van der Waals surface area contributed by atoms with Crippen molar-refractivity contribution in [1.82, 2.24) is 4.57 Å². The molecular formula is C14H17NO3S. The molecule has 5 heteroatoms. The van der Waals surface area contributed by atoms with Crippen molar-refractivity contribution in [3.63, 3.8) is 0 Å². The fourth-order valence-electron chi connectivity index (χ4n) is 3.01. The third-order valence-corrected chi connectivity index (χ3v) is 5.26. The molecule has 0 saturated carbocycles. The molecule has 3 rings (SSSR count). The highest BCUT2D eigenvalue weighted by atomic mass is 32.2. The molecule has 0 aromatic carbocycles. The SMILES string of the molecule is CC1(C)CC(=O)c2ccn(C3C=CS(=O)(=O)C3)c2C1. The molecule has 1 aliphatic carbocycles. The first-order valence-corrected chi connectivity index (χ1v) is 8.13. The van der Waals surface area contributed by atoms with Gasteiger partial charge in [0.25, 0.3) is 0 Å². The maximum atomic E-state index is 12.1. The van der Waals surface area contributed by atoms with Crippen LogP contribution >= 0.6 is 0 Å². The lowest BCUT2D eigenvalue weighted by atomic mass is 9.76. The average molecular weight is 279 g/mol. The van der Waals surface area contributed by atoms with E-state index in [2.05, 4.69) is 13.8 Å². The van der Waals surface area contributed by atoms with Crippen LogP contribution in [0.3, 0.4) is 0 Å². The van der Waals surface area contributed by atoms with Gasteiger partial charge in [0.1, 0.15) is 0 Å². The van der Waals surface area contributed by atoms with Crippen molar-refractivity contribution in [1.29, 1.82) is 0 Å². The number of allylic oxidation sites excluding steroid dienone is 1. The standard InChI is InChI=1S/C14H17NO3S/c1-14(2)7-12-11(13(16)8-14)3-5-15(12)10-4-6-19(17,18)9-10/h3-6,10H,7-9H2,1-2H3. The van der Waals surface area contributed by atoms with E-state index in [9.17, 15) is 13.2 Å². The summed E-state index contributed by atoms with van der Waals surface area (Å²) >= 11 is 0. The highest BCUT2D eigenvalue weighted by Crippen LogP contribution is 2.37. The summed E-state index contributed by atoms with van der Waals surface area (Å²) in [5, 5.41) is 1.28. The van der Waals surface area contributed by atoms with Crippen molar-refractivity contribution in [3.8, 4) is 0 Å². The van der Waals surface area contributed by atoms with Gasteiger partial charge in [-0.15, -0.1) is 0 Å². The largest absolute Gasteiger partial charge is 0.343 e. The lowest BCUT2D eigenvalue weighted by molar-refractivity contribution is 0.0910. The van der Waals surface area contributed by atoms with Gasteiger partial charge < -0.3 is 4.57 Å². The number of hydrogen-bond acceptors (Lipinski definition) is 3. The smallest absolute Gasteiger partial charge is 0.173 e. The molecule has 1 atom stereocenters. The number of ketones is 1. The van der Waals surface area contributed by atoms with Gasteiger partial charge >= 0.3 is 0 Å². The zero-order chi connectivity index (χ0) is 13.8. The maximum Gasteiger partial charge on any atom is 0.173 e. The number of carbonyl (C=O) groups is 1. The number of hydrogen-bond donors (Lipinski definition) is 0. The molecule has 0 N–H and O–H groups in total. The first-order chi connectivity index (χ1) is 8.77. The van der Waals surface area contributed by atoms with Gasteiger partial charge in [-0.1, -0.05) is 13.8 Å². The molecule has 19 heavy (non-hydrogen) atoms. The minimum atomic E-state index is -3.08. The van der Waals surface area contributed by atoms with Gasteiger partial charge in [-0.2, -0.15) is 0 Å². The third-order valence-electron chi connectivity index (χ3n) is 3.88. The van der Waals surface area contributed by atoms with Crippen LogP contribution in [0.15, 0.2) is 23.7 Å². The zero-order valence-corrected chi connectivity index (χ0v) is 11.9. The summed E-state index contributed by atoms with van der Waals surface area (Å²) in [7, 11) is -3.08. The summed E-state index contributed by atoms with van der Waals surface area (Å²) in [5.41, 5.74) is 1.69. The van der Waals surface area contributed by atoms with E-state index in [1.165, 1.54) is 5.41 Å². The number of rotatable bonds is 1. The third kappa shape index (κ3) is 2.16. The Kier molecular flexibility index (Phi) is 2.55. The van der Waals surface area contributed by atoms with E-state index in [0.29, 0.717) is 6.42 Å². The number of carbonyl (C=O) groups excluding carboxylic acids is 1. The summed E-state index contributed by atoms with van der Waals surface area (Å²) < 4.78 is 25.0. The van der Waals surface area contributed by atoms with Crippen molar-refractivity contribution < 1.29 is 13.2 Å². The quantitative estimate of drug-likeness (QED) is 0.791. The number of aromatic nitrogens is 1. The molecule has 1 aliphatic heterocycles. The van der Waals surface area contributed by atoms with Crippen LogP contribution in [-0.4, -0.2) is 24.5 Å². The van der Waals surface area contributed by atoms with E-state index in [1.54, 1.807) is 6.08 Å². The Hall–Kier alpha value is -1.36. The molecule has 0 radical (unpaired) electrons. The molecular weight excluding hydrogens is 262 g/mol. The lowest BCUT2D eigenvalue weighted by Gasteiger charge is -2.30. The van der Waals surface area contributed by atoms with Gasteiger partial charge in [-0.25, -0.2) is 8.42 Å². The molecule has 102 valence electrons. The molecule has 1 unspecified atom stereocenters. The second kappa shape index (κ2) is 3.82. The van der Waals surface area contributed by atoms with Crippen LogP contribution in [-0.2, 0) is 16.3 Å². The second-order valence-electron chi connectivity index (χ2n) is 6.25. The van der Waals surface area contributed by atoms with Crippen LogP contribution in [0.5, 0.6) is 0 Å². The minimum Gasteiger partial charge on any atom is -0.343 e. The van der Waals surface area contributed by atoms with Crippen LogP contribution in [0.1, 0.15) is 42.4 Å². The van der Waals surface area contributed by atoms with Gasteiger partial charge in [0.2, 0.25) is 0 Å². The normalized spacial score (nSPS) is 27.5. The number of sulfone groups is 1. The Morgan fingerprint density at radius 1 is 1.32 bits per heavy atom. The van der Waals surface area contributed by atoms with Crippen molar-refractivity contribution in [2.45, 2.75) is 32.7 Å². The molecule has 2 aliphatic rings. The van der Waals surface area contributed by atoms with E-state index in [4.69, 9.17) is 0 Å². The molecule has 4 nitrogen and oxygen atoms in total. The average Bonchev–Trinajstić information content (AvgIpc) is 2.79.